The molecular formula is C21H32N5O5P. The number of anilines is 2. The molecule has 0 radical (unpaired) electrons. The first-order valence-electron chi connectivity index (χ1n) is 10.5. The lowest BCUT2D eigenvalue weighted by Crippen LogP contribution is -2.25. The van der Waals surface area contributed by atoms with Crippen LogP contribution < -0.4 is 21.1 Å². The van der Waals surface area contributed by atoms with Crippen LogP contribution in [0.3, 0.4) is 0 Å². The Hall–Kier alpha value is -2.68. The zero-order chi connectivity index (χ0) is 23.7. The molecule has 0 aliphatic rings. The Morgan fingerprint density at radius 2 is 1.97 bits per heavy atom. The van der Waals surface area contributed by atoms with Gasteiger partial charge >= 0.3 is 7.60 Å². The average molecular weight is 465 g/mol. The molecule has 176 valence electrons. The molecule has 11 heteroatoms. The predicted molar refractivity (Wildman–Crippen MR) is 124 cm³/mol. The van der Waals surface area contributed by atoms with Gasteiger partial charge in [-0.15, -0.1) is 0 Å². The van der Waals surface area contributed by atoms with Gasteiger partial charge in [0.2, 0.25) is 5.95 Å². The van der Waals surface area contributed by atoms with Crippen LogP contribution in [-0.4, -0.2) is 52.0 Å². The Morgan fingerprint density at radius 1 is 1.22 bits per heavy atom. The van der Waals surface area contributed by atoms with Crippen LogP contribution in [0.5, 0.6) is 5.75 Å². The number of aromatic nitrogens is 2. The highest BCUT2D eigenvalue weighted by molar-refractivity contribution is 7.51. The van der Waals surface area contributed by atoms with Gasteiger partial charge in [-0.3, -0.25) is 9.36 Å². The van der Waals surface area contributed by atoms with Crippen LogP contribution in [0.4, 0.5) is 11.8 Å². The number of benzene rings is 1. The summed E-state index contributed by atoms with van der Waals surface area (Å²) in [4.78, 5) is 39.0. The van der Waals surface area contributed by atoms with Crippen molar-refractivity contribution in [2.45, 2.75) is 39.5 Å². The molecule has 6 N–H and O–H groups in total. The van der Waals surface area contributed by atoms with Crippen LogP contribution in [-0.2, 0) is 11.0 Å². The largest absolute Gasteiger partial charge is 0.496 e. The van der Waals surface area contributed by atoms with Crippen molar-refractivity contribution >= 4 is 25.3 Å². The average Bonchev–Trinajstić information content (AvgIpc) is 2.72. The van der Waals surface area contributed by atoms with Gasteiger partial charge in [0, 0.05) is 36.3 Å². The minimum absolute atomic E-state index is 0.168. The van der Waals surface area contributed by atoms with Crippen molar-refractivity contribution in [2.24, 2.45) is 0 Å². The summed E-state index contributed by atoms with van der Waals surface area (Å²) in [5, 5.41) is 6.01. The van der Waals surface area contributed by atoms with Crippen LogP contribution in [0.25, 0.3) is 0 Å². The first kappa shape index (κ1) is 25.6. The van der Waals surface area contributed by atoms with Gasteiger partial charge in [-0.25, -0.2) is 4.98 Å². The van der Waals surface area contributed by atoms with Gasteiger partial charge in [0.15, 0.2) is 0 Å². The number of carbonyl (C=O) groups excluding carboxylic acids is 1. The second kappa shape index (κ2) is 11.8. The number of ether oxygens (including phenoxy) is 1. The zero-order valence-corrected chi connectivity index (χ0v) is 19.6. The van der Waals surface area contributed by atoms with E-state index in [1.807, 2.05) is 6.92 Å². The summed E-state index contributed by atoms with van der Waals surface area (Å²) in [6, 6.07) is 5.10. The van der Waals surface area contributed by atoms with E-state index in [9.17, 15) is 9.36 Å². The monoisotopic (exact) mass is 465 g/mol. The van der Waals surface area contributed by atoms with Crippen molar-refractivity contribution in [3.63, 3.8) is 0 Å². The van der Waals surface area contributed by atoms with Crippen molar-refractivity contribution in [3.05, 3.63) is 40.6 Å². The van der Waals surface area contributed by atoms with Crippen LogP contribution in [0.1, 0.15) is 53.4 Å². The Labute approximate surface area is 188 Å². The maximum atomic E-state index is 12.5. The molecule has 0 spiro atoms. The molecule has 1 heterocycles. The van der Waals surface area contributed by atoms with E-state index in [0.29, 0.717) is 23.6 Å². The first-order valence-corrected chi connectivity index (χ1v) is 12.3. The van der Waals surface area contributed by atoms with E-state index in [2.05, 4.69) is 27.5 Å². The molecule has 1 aromatic carbocycles. The second-order valence-corrected chi connectivity index (χ2v) is 9.25. The van der Waals surface area contributed by atoms with Gasteiger partial charge in [-0.2, -0.15) is 4.98 Å². The molecule has 0 saturated carbocycles. The Bertz CT molecular complexity index is 979. The number of unbranched alkanes of at least 4 members (excludes halogenated alkanes) is 1. The second-order valence-electron chi connectivity index (χ2n) is 7.48. The van der Waals surface area contributed by atoms with E-state index < -0.39 is 7.60 Å². The molecule has 0 saturated heterocycles. The topological polar surface area (TPSA) is 160 Å². The fraction of sp³-hybridized carbons (Fsp3) is 0.476. The number of nitrogens with two attached hydrogens (primary N) is 1. The molecule has 0 aliphatic carbocycles. The van der Waals surface area contributed by atoms with Crippen LogP contribution >= 0.6 is 7.60 Å². The summed E-state index contributed by atoms with van der Waals surface area (Å²) in [6.07, 6.45) is 2.38. The van der Waals surface area contributed by atoms with Crippen molar-refractivity contribution in [3.8, 4) is 5.75 Å². The highest BCUT2D eigenvalue weighted by Gasteiger charge is 2.17. The molecule has 0 fully saturated rings. The number of amides is 1. The molecule has 32 heavy (non-hydrogen) atoms. The molecule has 1 amide bonds. The van der Waals surface area contributed by atoms with Gasteiger partial charge < -0.3 is 30.9 Å². The molecule has 2 rings (SSSR count). The smallest absolute Gasteiger partial charge is 0.325 e. The van der Waals surface area contributed by atoms with E-state index in [1.165, 1.54) is 0 Å². The summed E-state index contributed by atoms with van der Waals surface area (Å²) in [6.45, 7) is 4.90. The quantitative estimate of drug-likeness (QED) is 0.234. The molecule has 2 aromatic rings. The maximum absolute atomic E-state index is 12.5. The number of rotatable bonds is 12. The molecule has 0 unspecified atom stereocenters. The van der Waals surface area contributed by atoms with Crippen LogP contribution in [0, 0.1) is 6.92 Å². The number of hydrogen-bond donors (Lipinski definition) is 5. The van der Waals surface area contributed by atoms with Gasteiger partial charge in [0.05, 0.1) is 13.3 Å². The van der Waals surface area contributed by atoms with E-state index >= 15 is 0 Å². The Balaban J connectivity index is 2.23. The molecule has 10 nitrogen and oxygen atoms in total. The van der Waals surface area contributed by atoms with Gasteiger partial charge in [0.1, 0.15) is 11.6 Å². The van der Waals surface area contributed by atoms with E-state index in [4.69, 9.17) is 20.3 Å². The van der Waals surface area contributed by atoms with Crippen molar-refractivity contribution in [1.82, 2.24) is 15.3 Å². The summed E-state index contributed by atoms with van der Waals surface area (Å²) in [5.41, 5.74) is 8.66. The third kappa shape index (κ3) is 7.78. The molecule has 0 bridgehead atoms. The number of nitrogens with zero attached hydrogens (tertiary/aromatic N) is 2. The van der Waals surface area contributed by atoms with Crippen molar-refractivity contribution in [2.75, 3.05) is 37.4 Å². The van der Waals surface area contributed by atoms with Crippen LogP contribution in [0.15, 0.2) is 18.2 Å². The van der Waals surface area contributed by atoms with Crippen LogP contribution in [0.2, 0.25) is 0 Å². The Kier molecular flexibility index (Phi) is 9.43. The highest BCUT2D eigenvalue weighted by atomic mass is 31.2. The normalized spacial score (nSPS) is 11.3. The predicted octanol–water partition coefficient (Wildman–Crippen LogP) is 2.48. The van der Waals surface area contributed by atoms with Crippen molar-refractivity contribution < 1.29 is 23.9 Å². The van der Waals surface area contributed by atoms with Crippen molar-refractivity contribution in [1.29, 1.82) is 0 Å². The molecule has 0 atom stereocenters. The molecule has 1 aromatic heterocycles. The third-order valence-corrected chi connectivity index (χ3v) is 5.77. The lowest BCUT2D eigenvalue weighted by atomic mass is 10.0. The fourth-order valence-electron chi connectivity index (χ4n) is 3.20. The summed E-state index contributed by atoms with van der Waals surface area (Å²) >= 11 is 0. The van der Waals surface area contributed by atoms with Gasteiger partial charge in [0.25, 0.3) is 5.91 Å². The lowest BCUT2D eigenvalue weighted by Gasteiger charge is -2.16. The minimum atomic E-state index is -4.07. The standard InChI is InChI=1S/C21H32N5O5P/c1-4-5-9-23-19-17(14(2)25-21(22)26-19)13-16-12-15(7-8-18(16)31-3)20(27)24-10-6-11-32(28,29)30/h7-8,12H,4-6,9-11,13H2,1-3H3,(H,24,27)(H2,28,29,30)(H3,22,23,25,26). The number of nitrogen functional groups attached to an aromatic ring is 1. The van der Waals surface area contributed by atoms with E-state index in [-0.39, 0.29) is 31.0 Å². The zero-order valence-electron chi connectivity index (χ0n) is 18.7. The Morgan fingerprint density at radius 3 is 2.62 bits per heavy atom. The molecule has 0 aliphatic heterocycles. The van der Waals surface area contributed by atoms with E-state index in [0.717, 1.165) is 36.2 Å². The third-order valence-electron chi connectivity index (χ3n) is 4.88. The number of aryl methyl sites for hydroxylation is 1. The number of hydrogen-bond acceptors (Lipinski definition) is 7. The molecular weight excluding hydrogens is 433 g/mol. The fourth-order valence-corrected chi connectivity index (χ4v) is 3.77. The summed E-state index contributed by atoms with van der Waals surface area (Å²) in [7, 11) is -2.51. The SMILES string of the molecule is CCCCNc1nc(N)nc(C)c1Cc1cc(C(=O)NCCCP(=O)(O)O)ccc1OC. The lowest BCUT2D eigenvalue weighted by molar-refractivity contribution is 0.0953. The summed E-state index contributed by atoms with van der Waals surface area (Å²) < 4.78 is 16.4. The van der Waals surface area contributed by atoms with Gasteiger partial charge in [-0.05, 0) is 43.5 Å². The van der Waals surface area contributed by atoms with E-state index in [1.54, 1.807) is 25.3 Å². The van der Waals surface area contributed by atoms with Gasteiger partial charge in [-0.1, -0.05) is 13.3 Å². The summed E-state index contributed by atoms with van der Waals surface area (Å²) in [5.74, 6) is 1.16. The highest BCUT2D eigenvalue weighted by Crippen LogP contribution is 2.34. The maximum Gasteiger partial charge on any atom is 0.325 e. The number of carbonyl (C=O) groups is 1. The number of nitrogens with one attached hydrogen (secondary N) is 2. The number of methoxy groups -OCH3 is 1. The first-order chi connectivity index (χ1) is 15.1. The minimum Gasteiger partial charge on any atom is -0.496 e.